The van der Waals surface area contributed by atoms with Gasteiger partial charge in [-0.2, -0.15) is 0 Å². The lowest BCUT2D eigenvalue weighted by molar-refractivity contribution is 0.0147. The molecule has 6 heteroatoms. The van der Waals surface area contributed by atoms with E-state index in [2.05, 4.69) is 22.0 Å². The van der Waals surface area contributed by atoms with Crippen LogP contribution in [0, 0.1) is 0 Å². The van der Waals surface area contributed by atoms with E-state index < -0.39 is 0 Å². The molecule has 96 valence electrons. The Morgan fingerprint density at radius 1 is 1.33 bits per heavy atom. The SMILES string of the molecule is C[C@H](c1nnc(-c2cccs2)o1)N1CCOCC1. The van der Waals surface area contributed by atoms with Crippen LogP contribution in [-0.4, -0.2) is 41.4 Å². The highest BCUT2D eigenvalue weighted by Gasteiger charge is 2.23. The van der Waals surface area contributed by atoms with Crippen molar-refractivity contribution < 1.29 is 9.15 Å². The number of hydrogen-bond donors (Lipinski definition) is 0. The second-order valence-electron chi connectivity index (χ2n) is 4.25. The van der Waals surface area contributed by atoms with Crippen molar-refractivity contribution in [3.63, 3.8) is 0 Å². The van der Waals surface area contributed by atoms with Gasteiger partial charge in [0.25, 0.3) is 5.89 Å². The molecule has 0 aliphatic carbocycles. The summed E-state index contributed by atoms with van der Waals surface area (Å²) in [6.45, 7) is 5.47. The fraction of sp³-hybridized carbons (Fsp3) is 0.500. The van der Waals surface area contributed by atoms with Gasteiger partial charge in [0.15, 0.2) is 0 Å². The van der Waals surface area contributed by atoms with Crippen LogP contribution in [0.2, 0.25) is 0 Å². The van der Waals surface area contributed by atoms with Crippen molar-refractivity contribution in [2.75, 3.05) is 26.3 Å². The third-order valence-corrected chi connectivity index (χ3v) is 3.98. The molecular formula is C12H15N3O2S. The van der Waals surface area contributed by atoms with Gasteiger partial charge in [-0.25, -0.2) is 0 Å². The van der Waals surface area contributed by atoms with E-state index in [1.807, 2.05) is 17.5 Å². The monoisotopic (exact) mass is 265 g/mol. The maximum atomic E-state index is 5.75. The van der Waals surface area contributed by atoms with Gasteiger partial charge < -0.3 is 9.15 Å². The van der Waals surface area contributed by atoms with Gasteiger partial charge in [0.2, 0.25) is 5.89 Å². The van der Waals surface area contributed by atoms with Crippen LogP contribution in [-0.2, 0) is 4.74 Å². The molecule has 1 fully saturated rings. The summed E-state index contributed by atoms with van der Waals surface area (Å²) in [6.07, 6.45) is 0. The normalized spacial score (nSPS) is 18.9. The molecule has 0 unspecified atom stereocenters. The highest BCUT2D eigenvalue weighted by Crippen LogP contribution is 2.26. The fourth-order valence-corrected chi connectivity index (χ4v) is 2.67. The van der Waals surface area contributed by atoms with Crippen molar-refractivity contribution in [1.82, 2.24) is 15.1 Å². The van der Waals surface area contributed by atoms with E-state index in [1.54, 1.807) is 11.3 Å². The number of rotatable bonds is 3. The summed E-state index contributed by atoms with van der Waals surface area (Å²) in [4.78, 5) is 3.32. The lowest BCUT2D eigenvalue weighted by Crippen LogP contribution is -2.38. The molecule has 0 radical (unpaired) electrons. The highest BCUT2D eigenvalue weighted by molar-refractivity contribution is 7.13. The minimum absolute atomic E-state index is 0.148. The quantitative estimate of drug-likeness (QED) is 0.851. The molecule has 0 aromatic carbocycles. The molecule has 1 saturated heterocycles. The fourth-order valence-electron chi connectivity index (χ4n) is 2.02. The Kier molecular flexibility index (Phi) is 3.40. The summed E-state index contributed by atoms with van der Waals surface area (Å²) in [5.74, 6) is 1.29. The third-order valence-electron chi connectivity index (χ3n) is 3.12. The van der Waals surface area contributed by atoms with Crippen molar-refractivity contribution in [2.45, 2.75) is 13.0 Å². The summed E-state index contributed by atoms with van der Waals surface area (Å²) in [5, 5.41) is 10.3. The highest BCUT2D eigenvalue weighted by atomic mass is 32.1. The molecule has 0 amide bonds. The molecule has 0 bridgehead atoms. The van der Waals surface area contributed by atoms with Crippen molar-refractivity contribution in [3.8, 4) is 10.8 Å². The topological polar surface area (TPSA) is 51.4 Å². The number of ether oxygens (including phenoxy) is 1. The first kappa shape index (κ1) is 11.8. The van der Waals surface area contributed by atoms with Crippen LogP contribution in [0.4, 0.5) is 0 Å². The average molecular weight is 265 g/mol. The minimum Gasteiger partial charge on any atom is -0.418 e. The van der Waals surface area contributed by atoms with Crippen molar-refractivity contribution in [3.05, 3.63) is 23.4 Å². The number of hydrogen-bond acceptors (Lipinski definition) is 6. The van der Waals surface area contributed by atoms with Gasteiger partial charge >= 0.3 is 0 Å². The molecule has 5 nitrogen and oxygen atoms in total. The zero-order chi connectivity index (χ0) is 12.4. The van der Waals surface area contributed by atoms with E-state index in [9.17, 15) is 0 Å². The van der Waals surface area contributed by atoms with Gasteiger partial charge in [-0.1, -0.05) is 6.07 Å². The second-order valence-corrected chi connectivity index (χ2v) is 5.19. The van der Waals surface area contributed by atoms with Crippen molar-refractivity contribution in [2.24, 2.45) is 0 Å². The second kappa shape index (κ2) is 5.17. The molecule has 2 aromatic heterocycles. The van der Waals surface area contributed by atoms with E-state index in [1.165, 1.54) is 0 Å². The molecule has 1 aliphatic rings. The predicted octanol–water partition coefficient (Wildman–Crippen LogP) is 2.19. The van der Waals surface area contributed by atoms with Crippen LogP contribution in [0.15, 0.2) is 21.9 Å². The number of nitrogens with zero attached hydrogens (tertiary/aromatic N) is 3. The molecular weight excluding hydrogens is 250 g/mol. The Labute approximate surface area is 109 Å². The molecule has 0 N–H and O–H groups in total. The average Bonchev–Trinajstić information content (AvgIpc) is 3.09. The van der Waals surface area contributed by atoms with E-state index in [0.29, 0.717) is 11.8 Å². The van der Waals surface area contributed by atoms with Crippen LogP contribution in [0.5, 0.6) is 0 Å². The van der Waals surface area contributed by atoms with Gasteiger partial charge in [0.1, 0.15) is 0 Å². The van der Waals surface area contributed by atoms with Crippen LogP contribution < -0.4 is 0 Å². The largest absolute Gasteiger partial charge is 0.418 e. The van der Waals surface area contributed by atoms with Gasteiger partial charge in [-0.15, -0.1) is 21.5 Å². The van der Waals surface area contributed by atoms with Crippen LogP contribution in [0.25, 0.3) is 10.8 Å². The van der Waals surface area contributed by atoms with E-state index in [4.69, 9.17) is 9.15 Å². The first-order valence-corrected chi connectivity index (χ1v) is 6.91. The summed E-state index contributed by atoms with van der Waals surface area (Å²) in [5.41, 5.74) is 0. The molecule has 3 heterocycles. The molecule has 0 saturated carbocycles. The lowest BCUT2D eigenvalue weighted by atomic mass is 10.2. The smallest absolute Gasteiger partial charge is 0.257 e. The van der Waals surface area contributed by atoms with Crippen molar-refractivity contribution in [1.29, 1.82) is 0 Å². The van der Waals surface area contributed by atoms with Crippen LogP contribution in [0.3, 0.4) is 0 Å². The number of morpholine rings is 1. The predicted molar refractivity (Wildman–Crippen MR) is 68.4 cm³/mol. The summed E-state index contributed by atoms with van der Waals surface area (Å²) >= 11 is 1.61. The van der Waals surface area contributed by atoms with Gasteiger partial charge in [0.05, 0.1) is 24.1 Å². The Morgan fingerprint density at radius 2 is 2.17 bits per heavy atom. The minimum atomic E-state index is 0.148. The summed E-state index contributed by atoms with van der Waals surface area (Å²) < 4.78 is 11.1. The molecule has 18 heavy (non-hydrogen) atoms. The van der Waals surface area contributed by atoms with Crippen molar-refractivity contribution >= 4 is 11.3 Å². The van der Waals surface area contributed by atoms with Gasteiger partial charge in [0, 0.05) is 13.1 Å². The Bertz CT molecular complexity index is 491. The standard InChI is InChI=1S/C12H15N3O2S/c1-9(15-4-6-16-7-5-15)11-13-14-12(17-11)10-3-2-8-18-10/h2-3,8-9H,4-7H2,1H3/t9-/m1/s1. The first-order valence-electron chi connectivity index (χ1n) is 6.03. The Balaban J connectivity index is 1.76. The Morgan fingerprint density at radius 3 is 2.89 bits per heavy atom. The van der Waals surface area contributed by atoms with Crippen LogP contribution in [0.1, 0.15) is 18.9 Å². The number of thiophene rings is 1. The van der Waals surface area contributed by atoms with E-state index in [0.717, 1.165) is 31.2 Å². The van der Waals surface area contributed by atoms with E-state index in [-0.39, 0.29) is 6.04 Å². The number of aromatic nitrogens is 2. The maximum absolute atomic E-state index is 5.75. The molecule has 2 aromatic rings. The maximum Gasteiger partial charge on any atom is 0.257 e. The zero-order valence-electron chi connectivity index (χ0n) is 10.2. The van der Waals surface area contributed by atoms with E-state index >= 15 is 0 Å². The van der Waals surface area contributed by atoms with Gasteiger partial charge in [-0.05, 0) is 18.4 Å². The molecule has 3 rings (SSSR count). The van der Waals surface area contributed by atoms with Crippen LogP contribution >= 0.6 is 11.3 Å². The molecule has 1 aliphatic heterocycles. The summed E-state index contributed by atoms with van der Waals surface area (Å²) in [7, 11) is 0. The first-order chi connectivity index (χ1) is 8.84. The third kappa shape index (κ3) is 2.31. The molecule has 0 spiro atoms. The zero-order valence-corrected chi connectivity index (χ0v) is 11.0. The lowest BCUT2D eigenvalue weighted by Gasteiger charge is -2.30. The summed E-state index contributed by atoms with van der Waals surface area (Å²) in [6, 6.07) is 4.12. The Hall–Kier alpha value is -1.24. The molecule has 1 atom stereocenters. The van der Waals surface area contributed by atoms with Gasteiger partial charge in [-0.3, -0.25) is 4.90 Å².